The van der Waals surface area contributed by atoms with E-state index in [1.165, 1.54) is 18.4 Å². The molecule has 0 radical (unpaired) electrons. The van der Waals surface area contributed by atoms with Gasteiger partial charge in [-0.25, -0.2) is 0 Å². The van der Waals surface area contributed by atoms with Crippen LogP contribution in [0, 0.1) is 5.92 Å². The lowest BCUT2D eigenvalue weighted by Gasteiger charge is -2.36. The van der Waals surface area contributed by atoms with Gasteiger partial charge in [0.2, 0.25) is 0 Å². The van der Waals surface area contributed by atoms with Crippen LogP contribution in [0.4, 0.5) is 0 Å². The number of nitrogens with one attached hydrogen (secondary N) is 1. The van der Waals surface area contributed by atoms with Gasteiger partial charge in [-0.15, -0.1) is 0 Å². The Balaban J connectivity index is 2.22. The zero-order valence-corrected chi connectivity index (χ0v) is 15.1. The van der Waals surface area contributed by atoms with Crippen LogP contribution >= 0.6 is 0 Å². The molecule has 4 nitrogen and oxygen atoms in total. The molecule has 130 valence electrons. The zero-order chi connectivity index (χ0) is 16.7. The number of benzene rings is 1. The maximum absolute atomic E-state index is 5.66. The highest BCUT2D eigenvalue weighted by atomic mass is 16.5. The number of hydrogen-bond donors (Lipinski definition) is 1. The van der Waals surface area contributed by atoms with Gasteiger partial charge in [-0.3, -0.25) is 4.90 Å². The predicted octanol–water partition coefficient (Wildman–Crippen LogP) is 3.48. The number of piperazine rings is 1. The van der Waals surface area contributed by atoms with Crippen molar-refractivity contribution >= 4 is 0 Å². The molecule has 0 saturated carbocycles. The third-order valence-corrected chi connectivity index (χ3v) is 4.48. The van der Waals surface area contributed by atoms with Crippen LogP contribution in [-0.4, -0.2) is 44.8 Å². The van der Waals surface area contributed by atoms with Crippen LogP contribution in [0.2, 0.25) is 0 Å². The Hall–Kier alpha value is -1.26. The Morgan fingerprint density at radius 1 is 1.13 bits per heavy atom. The van der Waals surface area contributed by atoms with Gasteiger partial charge < -0.3 is 14.8 Å². The van der Waals surface area contributed by atoms with E-state index in [0.717, 1.165) is 43.6 Å². The van der Waals surface area contributed by atoms with Gasteiger partial charge in [-0.1, -0.05) is 19.9 Å². The highest BCUT2D eigenvalue weighted by molar-refractivity contribution is 5.44. The van der Waals surface area contributed by atoms with Crippen LogP contribution in [0.3, 0.4) is 0 Å². The molecule has 1 aliphatic rings. The second-order valence-corrected chi connectivity index (χ2v) is 6.62. The molecular weight excluding hydrogens is 288 g/mol. The second kappa shape index (κ2) is 9.14. The summed E-state index contributed by atoms with van der Waals surface area (Å²) in [4.78, 5) is 2.61. The summed E-state index contributed by atoms with van der Waals surface area (Å²) >= 11 is 0. The first kappa shape index (κ1) is 18.1. The fourth-order valence-corrected chi connectivity index (χ4v) is 3.21. The number of ether oxygens (including phenoxy) is 2. The normalized spacial score (nSPS) is 17.3. The minimum Gasteiger partial charge on any atom is -0.493 e. The van der Waals surface area contributed by atoms with E-state index < -0.39 is 0 Å². The van der Waals surface area contributed by atoms with Gasteiger partial charge in [0.1, 0.15) is 0 Å². The number of rotatable bonds is 8. The monoisotopic (exact) mass is 320 g/mol. The van der Waals surface area contributed by atoms with E-state index in [-0.39, 0.29) is 0 Å². The summed E-state index contributed by atoms with van der Waals surface area (Å²) < 4.78 is 11.2. The minimum absolute atomic E-state index is 0.462. The maximum Gasteiger partial charge on any atom is 0.161 e. The van der Waals surface area contributed by atoms with Crippen LogP contribution < -0.4 is 14.8 Å². The van der Waals surface area contributed by atoms with Crippen molar-refractivity contribution in [1.29, 1.82) is 0 Å². The van der Waals surface area contributed by atoms with Crippen LogP contribution in [0.5, 0.6) is 11.5 Å². The van der Waals surface area contributed by atoms with E-state index in [4.69, 9.17) is 9.47 Å². The van der Waals surface area contributed by atoms with Crippen LogP contribution in [0.25, 0.3) is 0 Å². The third-order valence-electron chi connectivity index (χ3n) is 4.48. The summed E-state index contributed by atoms with van der Waals surface area (Å²) in [6, 6.07) is 6.89. The van der Waals surface area contributed by atoms with Crippen molar-refractivity contribution in [3.8, 4) is 11.5 Å². The smallest absolute Gasteiger partial charge is 0.161 e. The molecule has 1 aromatic rings. The quantitative estimate of drug-likeness (QED) is 0.795. The van der Waals surface area contributed by atoms with Crippen molar-refractivity contribution in [3.05, 3.63) is 23.8 Å². The Bertz CT molecular complexity index is 470. The summed E-state index contributed by atoms with van der Waals surface area (Å²) in [5.74, 6) is 2.40. The molecule has 0 aliphatic carbocycles. The van der Waals surface area contributed by atoms with Crippen molar-refractivity contribution in [2.45, 2.75) is 39.7 Å². The van der Waals surface area contributed by atoms with Crippen LogP contribution in [0.1, 0.15) is 45.2 Å². The third kappa shape index (κ3) is 5.11. The van der Waals surface area contributed by atoms with E-state index in [9.17, 15) is 0 Å². The second-order valence-electron chi connectivity index (χ2n) is 6.62. The molecule has 1 aromatic carbocycles. The van der Waals surface area contributed by atoms with Gasteiger partial charge in [0.15, 0.2) is 11.5 Å². The Kier molecular flexibility index (Phi) is 7.18. The van der Waals surface area contributed by atoms with E-state index in [1.54, 1.807) is 7.11 Å². The first-order valence-corrected chi connectivity index (χ1v) is 8.91. The molecule has 1 aliphatic heterocycles. The molecule has 0 aromatic heterocycles. The van der Waals surface area contributed by atoms with Crippen LogP contribution in [0.15, 0.2) is 18.2 Å². The molecule has 1 atom stereocenters. The molecule has 2 rings (SSSR count). The fourth-order valence-electron chi connectivity index (χ4n) is 3.21. The lowest BCUT2D eigenvalue weighted by Crippen LogP contribution is -2.45. The Morgan fingerprint density at radius 3 is 2.48 bits per heavy atom. The first-order valence-electron chi connectivity index (χ1n) is 8.91. The molecule has 1 fully saturated rings. The standard InChI is InChI=1S/C19H32N2O2/c1-5-23-18-9-7-16(14-19(18)22-4)17(8-6-15(2)3)21-12-10-20-11-13-21/h7,9,14-15,17,20H,5-6,8,10-13H2,1-4H3/t17-/m1/s1. The van der Waals surface area contributed by atoms with Gasteiger partial charge in [-0.05, 0) is 43.4 Å². The fraction of sp³-hybridized carbons (Fsp3) is 0.684. The molecule has 4 heteroatoms. The summed E-state index contributed by atoms with van der Waals surface area (Å²) in [5.41, 5.74) is 1.34. The minimum atomic E-state index is 0.462. The molecule has 1 heterocycles. The lowest BCUT2D eigenvalue weighted by atomic mass is 9.95. The van der Waals surface area contributed by atoms with Gasteiger partial charge in [0.05, 0.1) is 13.7 Å². The first-order chi connectivity index (χ1) is 11.2. The SMILES string of the molecule is CCOc1ccc([C@@H](CCC(C)C)N2CCNCC2)cc1OC. The number of methoxy groups -OCH3 is 1. The summed E-state index contributed by atoms with van der Waals surface area (Å²) in [7, 11) is 1.72. The lowest BCUT2D eigenvalue weighted by molar-refractivity contribution is 0.159. The summed E-state index contributed by atoms with van der Waals surface area (Å²) in [5, 5.41) is 3.45. The molecular formula is C19H32N2O2. The van der Waals surface area contributed by atoms with Gasteiger partial charge >= 0.3 is 0 Å². The molecule has 1 N–H and O–H groups in total. The van der Waals surface area contributed by atoms with E-state index >= 15 is 0 Å². The summed E-state index contributed by atoms with van der Waals surface area (Å²) in [6.07, 6.45) is 2.43. The molecule has 23 heavy (non-hydrogen) atoms. The molecule has 0 amide bonds. The molecule has 0 bridgehead atoms. The van der Waals surface area contributed by atoms with Crippen molar-refractivity contribution in [2.75, 3.05) is 39.9 Å². The van der Waals surface area contributed by atoms with Crippen molar-refractivity contribution < 1.29 is 9.47 Å². The average Bonchev–Trinajstić information content (AvgIpc) is 2.57. The average molecular weight is 320 g/mol. The van der Waals surface area contributed by atoms with Crippen molar-refractivity contribution in [1.82, 2.24) is 10.2 Å². The van der Waals surface area contributed by atoms with Gasteiger partial charge in [-0.2, -0.15) is 0 Å². The van der Waals surface area contributed by atoms with Gasteiger partial charge in [0.25, 0.3) is 0 Å². The van der Waals surface area contributed by atoms with Gasteiger partial charge in [0, 0.05) is 32.2 Å². The highest BCUT2D eigenvalue weighted by Crippen LogP contribution is 2.34. The largest absolute Gasteiger partial charge is 0.493 e. The zero-order valence-electron chi connectivity index (χ0n) is 15.1. The van der Waals surface area contributed by atoms with Crippen molar-refractivity contribution in [3.63, 3.8) is 0 Å². The van der Waals surface area contributed by atoms with E-state index in [0.29, 0.717) is 12.6 Å². The molecule has 1 saturated heterocycles. The Labute approximate surface area is 141 Å². The van der Waals surface area contributed by atoms with Crippen molar-refractivity contribution in [2.24, 2.45) is 5.92 Å². The Morgan fingerprint density at radius 2 is 1.87 bits per heavy atom. The maximum atomic E-state index is 5.66. The summed E-state index contributed by atoms with van der Waals surface area (Å²) in [6.45, 7) is 11.6. The highest BCUT2D eigenvalue weighted by Gasteiger charge is 2.23. The van der Waals surface area contributed by atoms with E-state index in [1.807, 2.05) is 6.92 Å². The number of hydrogen-bond acceptors (Lipinski definition) is 4. The molecule has 0 unspecified atom stereocenters. The number of nitrogens with zero attached hydrogens (tertiary/aromatic N) is 1. The molecule has 0 spiro atoms. The van der Waals surface area contributed by atoms with Crippen LogP contribution in [-0.2, 0) is 0 Å². The predicted molar refractivity (Wildman–Crippen MR) is 95.4 cm³/mol. The topological polar surface area (TPSA) is 33.7 Å². The van der Waals surface area contributed by atoms with E-state index in [2.05, 4.69) is 42.3 Å².